The number of esters is 1. The molecule has 1 atom stereocenters. The number of aryl methyl sites for hydroxylation is 3. The van der Waals surface area contributed by atoms with E-state index >= 15 is 0 Å². The zero-order chi connectivity index (χ0) is 22.9. The fraction of sp³-hybridized carbons (Fsp3) is 0.370. The summed E-state index contributed by atoms with van der Waals surface area (Å²) in [4.78, 5) is 11.4. The second-order valence-electron chi connectivity index (χ2n) is 7.93. The van der Waals surface area contributed by atoms with Crippen LogP contribution >= 0.6 is 11.3 Å². The molecule has 170 valence electrons. The molecule has 0 aliphatic carbocycles. The van der Waals surface area contributed by atoms with Crippen LogP contribution in [0.4, 0.5) is 0 Å². The molecule has 0 saturated carbocycles. The predicted octanol–water partition coefficient (Wildman–Crippen LogP) is 6.63. The van der Waals surface area contributed by atoms with E-state index in [1.54, 1.807) is 11.3 Å². The molecule has 0 radical (unpaired) electrons. The highest BCUT2D eigenvalue weighted by atomic mass is 32.1. The van der Waals surface area contributed by atoms with Gasteiger partial charge in [-0.2, -0.15) is 11.3 Å². The minimum absolute atomic E-state index is 0.0280. The number of rotatable bonds is 11. The van der Waals surface area contributed by atoms with Gasteiger partial charge in [0.15, 0.2) is 0 Å². The van der Waals surface area contributed by atoms with E-state index in [2.05, 4.69) is 48.9 Å². The third-order valence-electron chi connectivity index (χ3n) is 5.55. The van der Waals surface area contributed by atoms with Crippen LogP contribution in [0.1, 0.15) is 43.4 Å². The first kappa shape index (κ1) is 23.9. The molecule has 32 heavy (non-hydrogen) atoms. The van der Waals surface area contributed by atoms with E-state index in [1.807, 2.05) is 25.1 Å². The Balaban J connectivity index is 1.54. The van der Waals surface area contributed by atoms with Crippen molar-refractivity contribution in [3.63, 3.8) is 0 Å². The molecule has 0 amide bonds. The highest BCUT2D eigenvalue weighted by Crippen LogP contribution is 2.33. The number of methoxy groups -OCH3 is 1. The molecule has 5 heteroatoms. The average molecular weight is 453 g/mol. The Morgan fingerprint density at radius 1 is 1.12 bits per heavy atom. The predicted molar refractivity (Wildman–Crippen MR) is 131 cm³/mol. The Labute approximate surface area is 195 Å². The Morgan fingerprint density at radius 2 is 1.97 bits per heavy atom. The topological polar surface area (TPSA) is 44.8 Å². The van der Waals surface area contributed by atoms with Crippen LogP contribution in [0.3, 0.4) is 0 Å². The molecule has 3 rings (SSSR count). The van der Waals surface area contributed by atoms with E-state index in [4.69, 9.17) is 14.2 Å². The van der Waals surface area contributed by atoms with Crippen LogP contribution in [0.15, 0.2) is 53.2 Å². The van der Waals surface area contributed by atoms with Crippen LogP contribution in [0.2, 0.25) is 0 Å². The monoisotopic (exact) mass is 452 g/mol. The van der Waals surface area contributed by atoms with Crippen molar-refractivity contribution in [3.8, 4) is 22.6 Å². The highest BCUT2D eigenvalue weighted by Gasteiger charge is 2.12. The van der Waals surface area contributed by atoms with Crippen molar-refractivity contribution in [2.45, 2.75) is 52.6 Å². The van der Waals surface area contributed by atoms with Crippen molar-refractivity contribution >= 4 is 17.3 Å². The van der Waals surface area contributed by atoms with Gasteiger partial charge >= 0.3 is 5.97 Å². The van der Waals surface area contributed by atoms with Crippen molar-refractivity contribution in [1.29, 1.82) is 0 Å². The molecule has 1 heterocycles. The SMILES string of the molecule is CCc1ccc(OC(C)CCOc2ccc(CCC(=O)OC)c(C)c2)c(-c2ccsc2)c1. The van der Waals surface area contributed by atoms with Crippen LogP contribution in [-0.2, 0) is 22.4 Å². The zero-order valence-electron chi connectivity index (χ0n) is 19.4. The van der Waals surface area contributed by atoms with Gasteiger partial charge in [-0.25, -0.2) is 0 Å². The average Bonchev–Trinajstić information content (AvgIpc) is 3.33. The van der Waals surface area contributed by atoms with Gasteiger partial charge in [0, 0.05) is 18.4 Å². The smallest absolute Gasteiger partial charge is 0.305 e. The van der Waals surface area contributed by atoms with Crippen molar-refractivity contribution in [3.05, 3.63) is 69.9 Å². The number of carbonyl (C=O) groups is 1. The van der Waals surface area contributed by atoms with Crippen LogP contribution in [0.25, 0.3) is 11.1 Å². The molecule has 0 aliphatic rings. The van der Waals surface area contributed by atoms with Crippen molar-refractivity contribution < 1.29 is 19.0 Å². The van der Waals surface area contributed by atoms with E-state index in [9.17, 15) is 4.79 Å². The molecule has 0 fully saturated rings. The first-order chi connectivity index (χ1) is 15.5. The number of thiophene rings is 1. The summed E-state index contributed by atoms with van der Waals surface area (Å²) in [5, 5.41) is 4.25. The number of hydrogen-bond acceptors (Lipinski definition) is 5. The van der Waals surface area contributed by atoms with Crippen LogP contribution in [-0.4, -0.2) is 25.8 Å². The summed E-state index contributed by atoms with van der Waals surface area (Å²) < 4.78 is 17.0. The Hall–Kier alpha value is -2.79. The second kappa shape index (κ2) is 11.7. The number of benzene rings is 2. The molecule has 2 aromatic carbocycles. The van der Waals surface area contributed by atoms with E-state index in [0.717, 1.165) is 41.0 Å². The summed E-state index contributed by atoms with van der Waals surface area (Å²) in [6.07, 6.45) is 2.87. The molecular weight excluding hydrogens is 420 g/mol. The normalized spacial score (nSPS) is 11.8. The lowest BCUT2D eigenvalue weighted by molar-refractivity contribution is -0.140. The summed E-state index contributed by atoms with van der Waals surface area (Å²) in [6, 6.07) is 14.6. The van der Waals surface area contributed by atoms with Crippen molar-refractivity contribution in [1.82, 2.24) is 0 Å². The van der Waals surface area contributed by atoms with Gasteiger partial charge in [0.05, 0.1) is 19.8 Å². The molecule has 0 saturated heterocycles. The third kappa shape index (κ3) is 6.60. The molecule has 0 aliphatic heterocycles. The van der Waals surface area contributed by atoms with Gasteiger partial charge in [0.25, 0.3) is 0 Å². The van der Waals surface area contributed by atoms with Gasteiger partial charge in [0.2, 0.25) is 0 Å². The van der Waals surface area contributed by atoms with Gasteiger partial charge in [-0.15, -0.1) is 0 Å². The largest absolute Gasteiger partial charge is 0.493 e. The van der Waals surface area contributed by atoms with E-state index in [-0.39, 0.29) is 12.1 Å². The van der Waals surface area contributed by atoms with E-state index in [1.165, 1.54) is 18.2 Å². The lowest BCUT2D eigenvalue weighted by Gasteiger charge is -2.18. The zero-order valence-corrected chi connectivity index (χ0v) is 20.2. The fourth-order valence-electron chi connectivity index (χ4n) is 3.54. The quantitative estimate of drug-likeness (QED) is 0.306. The molecule has 4 nitrogen and oxygen atoms in total. The number of carbonyl (C=O) groups excluding carboxylic acids is 1. The number of ether oxygens (including phenoxy) is 3. The van der Waals surface area contributed by atoms with Gasteiger partial charge in [0.1, 0.15) is 11.5 Å². The minimum atomic E-state index is -0.190. The maximum Gasteiger partial charge on any atom is 0.305 e. The first-order valence-electron chi connectivity index (χ1n) is 11.1. The molecular formula is C27H32O4S. The minimum Gasteiger partial charge on any atom is -0.493 e. The number of hydrogen-bond donors (Lipinski definition) is 0. The van der Waals surface area contributed by atoms with Crippen LogP contribution < -0.4 is 9.47 Å². The van der Waals surface area contributed by atoms with Crippen molar-refractivity contribution in [2.24, 2.45) is 0 Å². The standard InChI is InChI=1S/C27H32O4S/c1-5-21-6-10-26(25(17-21)23-13-15-32-18-23)31-20(3)12-14-30-24-9-7-22(19(2)16-24)8-11-27(28)29-4/h6-7,9-10,13,15-18,20H,5,8,11-12,14H2,1-4H3. The Kier molecular flexibility index (Phi) is 8.74. The van der Waals surface area contributed by atoms with Gasteiger partial charge < -0.3 is 14.2 Å². The Morgan fingerprint density at radius 3 is 2.66 bits per heavy atom. The lowest BCUT2D eigenvalue weighted by atomic mass is 10.0. The maximum absolute atomic E-state index is 11.4. The Bertz CT molecular complexity index is 1010. The summed E-state index contributed by atoms with van der Waals surface area (Å²) in [5.74, 6) is 1.56. The summed E-state index contributed by atoms with van der Waals surface area (Å²) in [5.41, 5.74) is 5.91. The lowest BCUT2D eigenvalue weighted by Crippen LogP contribution is -2.16. The molecule has 1 unspecified atom stereocenters. The van der Waals surface area contributed by atoms with E-state index in [0.29, 0.717) is 19.4 Å². The molecule has 0 bridgehead atoms. The van der Waals surface area contributed by atoms with E-state index < -0.39 is 0 Å². The third-order valence-corrected chi connectivity index (χ3v) is 6.23. The van der Waals surface area contributed by atoms with Crippen LogP contribution in [0, 0.1) is 6.92 Å². The van der Waals surface area contributed by atoms with Gasteiger partial charge in [-0.05, 0) is 90.0 Å². The fourth-order valence-corrected chi connectivity index (χ4v) is 4.19. The second-order valence-corrected chi connectivity index (χ2v) is 8.71. The molecule has 3 aromatic rings. The van der Waals surface area contributed by atoms with Crippen LogP contribution in [0.5, 0.6) is 11.5 Å². The molecule has 1 aromatic heterocycles. The maximum atomic E-state index is 11.4. The molecule has 0 spiro atoms. The van der Waals surface area contributed by atoms with Gasteiger partial charge in [-0.3, -0.25) is 4.79 Å². The molecule has 0 N–H and O–H groups in total. The van der Waals surface area contributed by atoms with Gasteiger partial charge in [-0.1, -0.05) is 19.1 Å². The summed E-state index contributed by atoms with van der Waals surface area (Å²) >= 11 is 1.70. The highest BCUT2D eigenvalue weighted by molar-refractivity contribution is 7.08. The summed E-state index contributed by atoms with van der Waals surface area (Å²) in [6.45, 7) is 6.86. The summed E-state index contributed by atoms with van der Waals surface area (Å²) in [7, 11) is 1.42. The first-order valence-corrected chi connectivity index (χ1v) is 12.1. The van der Waals surface area contributed by atoms with Crippen molar-refractivity contribution in [2.75, 3.05) is 13.7 Å².